The van der Waals surface area contributed by atoms with Gasteiger partial charge in [0.1, 0.15) is 5.76 Å². The fourth-order valence-corrected chi connectivity index (χ4v) is 1.62. The second kappa shape index (κ2) is 7.53. The van der Waals surface area contributed by atoms with Gasteiger partial charge >= 0.3 is 11.6 Å². The topological polar surface area (TPSA) is 113 Å². The first-order valence-corrected chi connectivity index (χ1v) is 6.40. The Bertz CT molecular complexity index is 659. The quantitative estimate of drug-likeness (QED) is 0.604. The van der Waals surface area contributed by atoms with Gasteiger partial charge in [-0.1, -0.05) is 15.9 Å². The molecule has 0 atom stereocenters. The SMILES string of the molecule is Cc1oc(=O)oc1CBr.Cc1oc(=O)oc1COC=O. The summed E-state index contributed by atoms with van der Waals surface area (Å²) in [6.45, 7) is 3.43. The summed E-state index contributed by atoms with van der Waals surface area (Å²) in [7, 11) is 0. The lowest BCUT2D eigenvalue weighted by Crippen LogP contribution is -1.90. The van der Waals surface area contributed by atoms with Gasteiger partial charge < -0.3 is 22.4 Å². The number of ether oxygens (including phenoxy) is 1. The van der Waals surface area contributed by atoms with Gasteiger partial charge in [0.15, 0.2) is 23.9 Å². The number of carbonyl (C=O) groups excluding carboxylic acids is 1. The maximum Gasteiger partial charge on any atom is 0.519 e. The number of hydrogen-bond acceptors (Lipinski definition) is 8. The molecule has 2 rings (SSSR count). The minimum Gasteiger partial charge on any atom is -0.460 e. The van der Waals surface area contributed by atoms with E-state index in [0.717, 1.165) is 0 Å². The molecule has 0 aliphatic rings. The van der Waals surface area contributed by atoms with Crippen molar-refractivity contribution in [2.45, 2.75) is 25.8 Å². The van der Waals surface area contributed by atoms with Crippen LogP contribution < -0.4 is 11.6 Å². The molecule has 2 aromatic heterocycles. The van der Waals surface area contributed by atoms with Crippen LogP contribution in [0, 0.1) is 13.8 Å². The average Bonchev–Trinajstić information content (AvgIpc) is 2.89. The third-order valence-corrected chi connectivity index (χ3v) is 2.58. The lowest BCUT2D eigenvalue weighted by atomic mass is 10.4. The van der Waals surface area contributed by atoms with Crippen LogP contribution in [-0.2, 0) is 21.5 Å². The molecule has 0 fully saturated rings. The molecule has 0 saturated heterocycles. The maximum atomic E-state index is 10.4. The zero-order valence-electron chi connectivity index (χ0n) is 10.6. The van der Waals surface area contributed by atoms with E-state index in [1.165, 1.54) is 0 Å². The molecule has 0 unspecified atom stereocenters. The van der Waals surface area contributed by atoms with Crippen molar-refractivity contribution in [2.24, 2.45) is 0 Å². The second-order valence-electron chi connectivity index (χ2n) is 3.41. The van der Waals surface area contributed by atoms with Gasteiger partial charge in [0.05, 0.1) is 5.33 Å². The highest BCUT2D eigenvalue weighted by molar-refractivity contribution is 9.08. The lowest BCUT2D eigenvalue weighted by molar-refractivity contribution is -0.130. The molecule has 0 spiro atoms. The highest BCUT2D eigenvalue weighted by atomic mass is 79.9. The molecule has 0 N–H and O–H groups in total. The van der Waals surface area contributed by atoms with Gasteiger partial charge in [-0.2, -0.15) is 0 Å². The Kier molecular flexibility index (Phi) is 6.04. The number of carbonyl (C=O) groups is 1. The van der Waals surface area contributed by atoms with E-state index >= 15 is 0 Å². The summed E-state index contributed by atoms with van der Waals surface area (Å²) in [5.74, 6) is 0.241. The Hall–Kier alpha value is -2.03. The normalized spacial score (nSPS) is 9.75. The van der Waals surface area contributed by atoms with Gasteiger partial charge in [0.2, 0.25) is 0 Å². The van der Waals surface area contributed by atoms with Crippen LogP contribution in [0.4, 0.5) is 0 Å². The second-order valence-corrected chi connectivity index (χ2v) is 3.97. The highest BCUT2D eigenvalue weighted by Gasteiger charge is 2.07. The van der Waals surface area contributed by atoms with E-state index < -0.39 is 11.6 Å². The number of rotatable bonds is 4. The summed E-state index contributed by atoms with van der Waals surface area (Å²) in [6, 6.07) is 0. The summed E-state index contributed by atoms with van der Waals surface area (Å²) >= 11 is 3.13. The first kappa shape index (κ1) is 16.0. The standard InChI is InChI=1S/C6H6O5.C5H5BrO3/c1-4-5(2-9-3-7)11-6(8)10-4;1-3-4(2-6)9-5(7)8-3/h3H,2H2,1H3;2H2,1H3. The molecule has 2 heterocycles. The summed E-state index contributed by atoms with van der Waals surface area (Å²) < 4.78 is 22.5. The maximum absolute atomic E-state index is 10.4. The Labute approximate surface area is 120 Å². The Morgan fingerprint density at radius 3 is 1.80 bits per heavy atom. The smallest absolute Gasteiger partial charge is 0.460 e. The molecule has 0 radical (unpaired) electrons. The summed E-state index contributed by atoms with van der Waals surface area (Å²) in [5.41, 5.74) is 0. The number of hydrogen-bond donors (Lipinski definition) is 0. The zero-order valence-corrected chi connectivity index (χ0v) is 12.2. The summed E-state index contributed by atoms with van der Waals surface area (Å²) in [5, 5.41) is 0.518. The van der Waals surface area contributed by atoms with Gasteiger partial charge in [-0.05, 0) is 13.8 Å². The van der Waals surface area contributed by atoms with Crippen LogP contribution in [0.25, 0.3) is 0 Å². The van der Waals surface area contributed by atoms with E-state index in [4.69, 9.17) is 0 Å². The van der Waals surface area contributed by atoms with E-state index in [0.29, 0.717) is 22.6 Å². The molecular formula is C11H11BrO8. The molecule has 8 nitrogen and oxygen atoms in total. The van der Waals surface area contributed by atoms with Crippen LogP contribution in [0.2, 0.25) is 0 Å². The number of alkyl halides is 1. The molecular weight excluding hydrogens is 340 g/mol. The average molecular weight is 351 g/mol. The van der Waals surface area contributed by atoms with Crippen LogP contribution in [0.1, 0.15) is 23.0 Å². The number of halogens is 1. The monoisotopic (exact) mass is 350 g/mol. The number of aryl methyl sites for hydroxylation is 2. The van der Waals surface area contributed by atoms with Crippen molar-refractivity contribution in [3.63, 3.8) is 0 Å². The third kappa shape index (κ3) is 4.57. The molecule has 20 heavy (non-hydrogen) atoms. The molecule has 0 amide bonds. The first-order chi connectivity index (χ1) is 9.47. The van der Waals surface area contributed by atoms with Gasteiger partial charge in [-0.15, -0.1) is 0 Å². The zero-order chi connectivity index (χ0) is 15.1. The first-order valence-electron chi connectivity index (χ1n) is 5.28. The molecule has 0 aliphatic carbocycles. The van der Waals surface area contributed by atoms with E-state index in [1.807, 2.05) is 0 Å². The van der Waals surface area contributed by atoms with E-state index in [1.54, 1.807) is 13.8 Å². The van der Waals surface area contributed by atoms with Gasteiger partial charge in [0.25, 0.3) is 6.47 Å². The Morgan fingerprint density at radius 1 is 1.00 bits per heavy atom. The van der Waals surface area contributed by atoms with Crippen LogP contribution in [0.15, 0.2) is 27.3 Å². The van der Waals surface area contributed by atoms with Gasteiger partial charge in [-0.25, -0.2) is 9.59 Å². The van der Waals surface area contributed by atoms with E-state index in [-0.39, 0.29) is 18.8 Å². The van der Waals surface area contributed by atoms with Crippen LogP contribution >= 0.6 is 15.9 Å². The third-order valence-electron chi connectivity index (χ3n) is 2.08. The molecule has 0 aromatic carbocycles. The summed E-state index contributed by atoms with van der Waals surface area (Å²) in [6.07, 6.45) is 0. The van der Waals surface area contributed by atoms with Crippen molar-refractivity contribution < 1.29 is 27.2 Å². The predicted molar refractivity (Wildman–Crippen MR) is 67.4 cm³/mol. The van der Waals surface area contributed by atoms with Crippen molar-refractivity contribution >= 4 is 22.4 Å². The van der Waals surface area contributed by atoms with Crippen LogP contribution in [0.5, 0.6) is 0 Å². The van der Waals surface area contributed by atoms with Crippen molar-refractivity contribution in [3.8, 4) is 0 Å². The molecule has 0 bridgehead atoms. The molecule has 2 aromatic rings. The molecule has 110 valence electrons. The largest absolute Gasteiger partial charge is 0.519 e. The highest BCUT2D eigenvalue weighted by Crippen LogP contribution is 2.08. The summed E-state index contributed by atoms with van der Waals surface area (Å²) in [4.78, 5) is 30.4. The molecule has 0 saturated carbocycles. The molecule has 0 aliphatic heterocycles. The van der Waals surface area contributed by atoms with Crippen LogP contribution in [0.3, 0.4) is 0 Å². The van der Waals surface area contributed by atoms with Crippen LogP contribution in [-0.4, -0.2) is 6.47 Å². The van der Waals surface area contributed by atoms with Crippen molar-refractivity contribution in [3.05, 3.63) is 44.3 Å². The van der Waals surface area contributed by atoms with E-state index in [2.05, 4.69) is 38.3 Å². The van der Waals surface area contributed by atoms with E-state index in [9.17, 15) is 14.4 Å². The fraction of sp³-hybridized carbons (Fsp3) is 0.364. The minimum absolute atomic E-state index is 0.0684. The molecule has 9 heteroatoms. The fourth-order valence-electron chi connectivity index (χ4n) is 1.11. The Balaban J connectivity index is 0.000000204. The van der Waals surface area contributed by atoms with Crippen molar-refractivity contribution in [1.29, 1.82) is 0 Å². The minimum atomic E-state index is -0.785. The lowest BCUT2D eigenvalue weighted by Gasteiger charge is -1.91. The predicted octanol–water partition coefficient (Wildman–Crippen LogP) is 1.65. The van der Waals surface area contributed by atoms with Gasteiger partial charge in [0, 0.05) is 0 Å². The van der Waals surface area contributed by atoms with Crippen molar-refractivity contribution in [1.82, 2.24) is 0 Å². The van der Waals surface area contributed by atoms with Crippen molar-refractivity contribution in [2.75, 3.05) is 0 Å². The Morgan fingerprint density at radius 2 is 1.50 bits per heavy atom. The van der Waals surface area contributed by atoms with Gasteiger partial charge in [-0.3, -0.25) is 4.79 Å².